The Morgan fingerprint density at radius 1 is 0.929 bits per heavy atom. The third kappa shape index (κ3) is 5.16. The van der Waals surface area contributed by atoms with Gasteiger partial charge in [0.05, 0.1) is 15.6 Å². The number of nitrogens with one attached hydrogen (secondary N) is 2. The Labute approximate surface area is 186 Å². The second kappa shape index (κ2) is 8.69. The van der Waals surface area contributed by atoms with Gasteiger partial charge in [0.2, 0.25) is 0 Å². The van der Waals surface area contributed by atoms with Crippen molar-refractivity contribution < 1.29 is 13.2 Å². The van der Waals surface area contributed by atoms with E-state index in [9.17, 15) is 13.2 Å². The summed E-state index contributed by atoms with van der Waals surface area (Å²) in [6, 6.07) is 17.4. The molecule has 5 nitrogen and oxygen atoms in total. The van der Waals surface area contributed by atoms with Crippen LogP contribution in [-0.4, -0.2) is 14.3 Å². The molecule has 144 valence electrons. The molecule has 0 fully saturated rings. The first-order chi connectivity index (χ1) is 13.2. The Balaban J connectivity index is 1.75. The number of halogens is 3. The van der Waals surface area contributed by atoms with E-state index in [4.69, 9.17) is 23.2 Å². The summed E-state index contributed by atoms with van der Waals surface area (Å²) in [5.41, 5.74) is 1.22. The molecule has 1 amide bonds. The molecule has 0 aliphatic carbocycles. The summed E-state index contributed by atoms with van der Waals surface area (Å²) >= 11 is 14.0. The van der Waals surface area contributed by atoms with Gasteiger partial charge in [0.25, 0.3) is 15.9 Å². The molecule has 0 bridgehead atoms. The Morgan fingerprint density at radius 2 is 1.64 bits per heavy atom. The monoisotopic (exact) mass is 546 g/mol. The van der Waals surface area contributed by atoms with E-state index in [1.165, 1.54) is 42.5 Å². The zero-order chi connectivity index (χ0) is 20.3. The van der Waals surface area contributed by atoms with Crippen LogP contribution in [0.4, 0.5) is 11.4 Å². The molecule has 2 N–H and O–H groups in total. The van der Waals surface area contributed by atoms with E-state index in [1.807, 2.05) is 6.07 Å². The third-order valence-corrected chi connectivity index (χ3v) is 6.28. The van der Waals surface area contributed by atoms with Gasteiger partial charge >= 0.3 is 0 Å². The zero-order valence-corrected chi connectivity index (χ0v) is 18.6. The molecule has 0 atom stereocenters. The molecule has 0 aliphatic rings. The van der Waals surface area contributed by atoms with Crippen molar-refractivity contribution in [2.45, 2.75) is 4.90 Å². The van der Waals surface area contributed by atoms with Gasteiger partial charge in [0.15, 0.2) is 0 Å². The summed E-state index contributed by atoms with van der Waals surface area (Å²) in [6.07, 6.45) is 0. The van der Waals surface area contributed by atoms with Gasteiger partial charge in [-0.1, -0.05) is 29.3 Å². The van der Waals surface area contributed by atoms with Crippen LogP contribution < -0.4 is 10.0 Å². The van der Waals surface area contributed by atoms with E-state index >= 15 is 0 Å². The van der Waals surface area contributed by atoms with Crippen LogP contribution >= 0.6 is 45.8 Å². The van der Waals surface area contributed by atoms with Crippen molar-refractivity contribution in [1.29, 1.82) is 0 Å². The molecule has 0 saturated heterocycles. The van der Waals surface area contributed by atoms with E-state index < -0.39 is 10.0 Å². The molecule has 0 aliphatic heterocycles. The van der Waals surface area contributed by atoms with Gasteiger partial charge in [0.1, 0.15) is 0 Å². The number of hydrogen-bond acceptors (Lipinski definition) is 3. The maximum absolute atomic E-state index is 12.5. The zero-order valence-electron chi connectivity index (χ0n) is 14.1. The van der Waals surface area contributed by atoms with Crippen LogP contribution in [-0.2, 0) is 10.0 Å². The lowest BCUT2D eigenvalue weighted by atomic mass is 10.2. The van der Waals surface area contributed by atoms with Crippen LogP contribution in [0, 0.1) is 3.57 Å². The Morgan fingerprint density at radius 3 is 2.29 bits per heavy atom. The first kappa shape index (κ1) is 20.9. The van der Waals surface area contributed by atoms with Gasteiger partial charge in [-0.05, 0) is 83.3 Å². The maximum atomic E-state index is 12.5. The van der Waals surface area contributed by atoms with Gasteiger partial charge in [-0.15, -0.1) is 0 Å². The molecule has 0 radical (unpaired) electrons. The molecular formula is C19H13Cl2IN2O3S. The number of benzene rings is 3. The fourth-order valence-corrected chi connectivity index (χ4v) is 4.46. The van der Waals surface area contributed by atoms with Gasteiger partial charge in [0, 0.05) is 19.8 Å². The van der Waals surface area contributed by atoms with Crippen LogP contribution in [0.1, 0.15) is 10.4 Å². The number of carbonyl (C=O) groups is 1. The lowest BCUT2D eigenvalue weighted by Gasteiger charge is -2.11. The predicted octanol–water partition coefficient (Wildman–Crippen LogP) is 5.65. The van der Waals surface area contributed by atoms with Crippen molar-refractivity contribution >= 4 is 73.1 Å². The van der Waals surface area contributed by atoms with Crippen LogP contribution in [0.3, 0.4) is 0 Å². The summed E-state index contributed by atoms with van der Waals surface area (Å²) in [7, 11) is -3.84. The fraction of sp³-hybridized carbons (Fsp3) is 0. The first-order valence-electron chi connectivity index (χ1n) is 7.89. The van der Waals surface area contributed by atoms with Crippen molar-refractivity contribution in [3.05, 3.63) is 85.9 Å². The molecule has 0 heterocycles. The molecule has 0 spiro atoms. The highest BCUT2D eigenvalue weighted by Crippen LogP contribution is 2.28. The average Bonchev–Trinajstić information content (AvgIpc) is 2.64. The SMILES string of the molecule is O=C(Nc1ccc(S(=O)(=O)Nc2ccc(Cl)cc2Cl)cc1)c1cccc(I)c1. The highest BCUT2D eigenvalue weighted by Gasteiger charge is 2.16. The van der Waals surface area contributed by atoms with Crippen molar-refractivity contribution in [3.63, 3.8) is 0 Å². The number of amides is 1. The molecular weight excluding hydrogens is 534 g/mol. The minimum absolute atomic E-state index is 0.0331. The third-order valence-electron chi connectivity index (χ3n) is 3.68. The number of rotatable bonds is 5. The number of anilines is 2. The van der Waals surface area contributed by atoms with Crippen molar-refractivity contribution in [2.24, 2.45) is 0 Å². The normalized spacial score (nSPS) is 11.1. The molecule has 9 heteroatoms. The minimum atomic E-state index is -3.84. The second-order valence-electron chi connectivity index (χ2n) is 5.72. The lowest BCUT2D eigenvalue weighted by Crippen LogP contribution is -2.14. The molecule has 3 rings (SSSR count). The van der Waals surface area contributed by atoms with E-state index in [1.54, 1.807) is 18.2 Å². The fourth-order valence-electron chi connectivity index (χ4n) is 2.33. The highest BCUT2D eigenvalue weighted by atomic mass is 127. The topological polar surface area (TPSA) is 75.3 Å². The van der Waals surface area contributed by atoms with E-state index in [-0.39, 0.29) is 21.5 Å². The Bertz CT molecular complexity index is 1140. The predicted molar refractivity (Wildman–Crippen MR) is 121 cm³/mol. The van der Waals surface area contributed by atoms with Crippen molar-refractivity contribution in [2.75, 3.05) is 10.0 Å². The van der Waals surface area contributed by atoms with E-state index in [0.717, 1.165) is 3.57 Å². The lowest BCUT2D eigenvalue weighted by molar-refractivity contribution is 0.102. The van der Waals surface area contributed by atoms with Crippen LogP contribution in [0.15, 0.2) is 71.6 Å². The van der Waals surface area contributed by atoms with Crippen LogP contribution in [0.25, 0.3) is 0 Å². The largest absolute Gasteiger partial charge is 0.322 e. The maximum Gasteiger partial charge on any atom is 0.261 e. The highest BCUT2D eigenvalue weighted by molar-refractivity contribution is 14.1. The number of carbonyl (C=O) groups excluding carboxylic acids is 1. The number of hydrogen-bond donors (Lipinski definition) is 2. The van der Waals surface area contributed by atoms with Gasteiger partial charge in [-0.2, -0.15) is 0 Å². The summed E-state index contributed by atoms with van der Waals surface area (Å²) in [5, 5.41) is 3.33. The quantitative estimate of drug-likeness (QED) is 0.406. The molecule has 0 aromatic heterocycles. The van der Waals surface area contributed by atoms with Gasteiger partial charge < -0.3 is 5.32 Å². The summed E-state index contributed by atoms with van der Waals surface area (Å²) in [5.74, 6) is -0.278. The van der Waals surface area contributed by atoms with Gasteiger partial charge in [-0.25, -0.2) is 8.42 Å². The van der Waals surface area contributed by atoms with Crippen molar-refractivity contribution in [3.8, 4) is 0 Å². The minimum Gasteiger partial charge on any atom is -0.322 e. The Kier molecular flexibility index (Phi) is 6.49. The Hall–Kier alpha value is -1.81. The smallest absolute Gasteiger partial charge is 0.261 e. The molecule has 28 heavy (non-hydrogen) atoms. The van der Waals surface area contributed by atoms with Gasteiger partial charge in [-0.3, -0.25) is 9.52 Å². The molecule has 3 aromatic carbocycles. The summed E-state index contributed by atoms with van der Waals surface area (Å²) < 4.78 is 28.4. The first-order valence-corrected chi connectivity index (χ1v) is 11.2. The van der Waals surface area contributed by atoms with Crippen LogP contribution in [0.2, 0.25) is 10.0 Å². The second-order valence-corrected chi connectivity index (χ2v) is 9.49. The summed E-state index contributed by atoms with van der Waals surface area (Å²) in [6.45, 7) is 0. The van der Waals surface area contributed by atoms with E-state index in [2.05, 4.69) is 32.6 Å². The molecule has 0 saturated carbocycles. The number of sulfonamides is 1. The van der Waals surface area contributed by atoms with E-state index in [0.29, 0.717) is 16.3 Å². The summed E-state index contributed by atoms with van der Waals surface area (Å²) in [4.78, 5) is 12.3. The standard InChI is InChI=1S/C19H13Cl2IN2O3S/c20-13-4-9-18(17(21)11-13)24-28(26,27)16-7-5-15(6-8-16)23-19(25)12-2-1-3-14(22)10-12/h1-11,24H,(H,23,25). The van der Waals surface area contributed by atoms with Crippen LogP contribution in [0.5, 0.6) is 0 Å². The average molecular weight is 547 g/mol. The van der Waals surface area contributed by atoms with Crippen molar-refractivity contribution in [1.82, 2.24) is 0 Å². The molecule has 0 unspecified atom stereocenters. The molecule has 3 aromatic rings.